The Balaban J connectivity index is 1.67. The Morgan fingerprint density at radius 2 is 1.82 bits per heavy atom. The monoisotopic (exact) mass is 388 g/mol. The first-order valence-corrected chi connectivity index (χ1v) is 8.98. The van der Waals surface area contributed by atoms with Gasteiger partial charge in [-0.05, 0) is 47.9 Å². The minimum atomic E-state index is -4.35. The molecule has 1 aliphatic heterocycles. The second-order valence-electron chi connectivity index (χ2n) is 6.75. The topological polar surface area (TPSA) is 32.6 Å². The molecule has 28 heavy (non-hydrogen) atoms. The van der Waals surface area contributed by atoms with E-state index >= 15 is 0 Å². The van der Waals surface area contributed by atoms with Gasteiger partial charge in [0.05, 0.1) is 12.7 Å². The molecule has 0 amide bonds. The van der Waals surface area contributed by atoms with E-state index in [0.717, 1.165) is 30.8 Å². The smallest absolute Gasteiger partial charge is 0.416 e. The van der Waals surface area contributed by atoms with E-state index in [9.17, 15) is 13.2 Å². The van der Waals surface area contributed by atoms with Gasteiger partial charge in [0.15, 0.2) is 11.5 Å². The average Bonchev–Trinajstić information content (AvgIpc) is 3.10. The van der Waals surface area contributed by atoms with Crippen LogP contribution in [-0.2, 0) is 6.18 Å². The molecule has 0 aliphatic carbocycles. The highest BCUT2D eigenvalue weighted by molar-refractivity contribution is 5.45. The van der Waals surface area contributed by atoms with Gasteiger partial charge in [0.2, 0.25) is 0 Å². The summed E-state index contributed by atoms with van der Waals surface area (Å²) < 4.78 is 48.8. The average molecular weight is 388 g/mol. The van der Waals surface area contributed by atoms with Crippen molar-refractivity contribution in [2.75, 3.05) is 26.8 Å². The fraction of sp³-hybridized carbons (Fsp3) is 0.364. The highest BCUT2D eigenvalue weighted by Crippen LogP contribution is 2.35. The maximum absolute atomic E-state index is 12.6. The van der Waals surface area contributed by atoms with Gasteiger partial charge in [0, 0.05) is 24.6 Å². The van der Waals surface area contributed by atoms with Crippen molar-refractivity contribution in [1.82, 2.24) is 5.32 Å². The molecular weight excluding hydrogens is 367 g/mol. The Labute approximate surface area is 162 Å². The lowest BCUT2D eigenvalue weighted by atomic mass is 9.90. The summed E-state index contributed by atoms with van der Waals surface area (Å²) in [5.41, 5.74) is 0.961. The van der Waals surface area contributed by atoms with Gasteiger partial charge in [-0.25, -0.2) is 5.32 Å². The minimum absolute atomic E-state index is 0.103. The summed E-state index contributed by atoms with van der Waals surface area (Å²) in [6.07, 6.45) is -4.35. The second kappa shape index (κ2) is 8.57. The summed E-state index contributed by atoms with van der Waals surface area (Å²) in [4.78, 5) is 0. The van der Waals surface area contributed by atoms with Gasteiger partial charge in [-0.1, -0.05) is 24.8 Å². The van der Waals surface area contributed by atoms with E-state index in [2.05, 4.69) is 24.1 Å². The highest BCUT2D eigenvalue weighted by Gasteiger charge is 2.30. The maximum Gasteiger partial charge on any atom is 0.416 e. The van der Waals surface area contributed by atoms with Crippen molar-refractivity contribution in [2.45, 2.75) is 19.0 Å². The lowest BCUT2D eigenvalue weighted by Gasteiger charge is -2.17. The quantitative estimate of drug-likeness (QED) is 0.724. The van der Waals surface area contributed by atoms with E-state index in [0.29, 0.717) is 28.9 Å². The van der Waals surface area contributed by atoms with Crippen molar-refractivity contribution >= 4 is 0 Å². The van der Waals surface area contributed by atoms with E-state index in [1.54, 1.807) is 7.11 Å². The summed E-state index contributed by atoms with van der Waals surface area (Å²) in [5, 5.41) is 4.46. The maximum atomic E-state index is 12.6. The molecule has 0 unspecified atom stereocenters. The number of ether oxygens (including phenoxy) is 2. The number of halogens is 3. The number of methoxy groups -OCH3 is 1. The number of alkyl halides is 3. The van der Waals surface area contributed by atoms with Crippen LogP contribution in [0.5, 0.6) is 11.5 Å². The highest BCUT2D eigenvalue weighted by atomic mass is 19.4. The largest absolute Gasteiger partial charge is 0.493 e. The Morgan fingerprint density at radius 1 is 1.07 bits per heavy atom. The molecule has 1 aliphatic rings. The second-order valence-corrected chi connectivity index (χ2v) is 6.75. The fourth-order valence-corrected chi connectivity index (χ4v) is 3.19. The van der Waals surface area contributed by atoms with Crippen molar-refractivity contribution in [3.8, 4) is 23.3 Å². The van der Waals surface area contributed by atoms with Crippen molar-refractivity contribution < 1.29 is 22.6 Å². The van der Waals surface area contributed by atoms with Crippen LogP contribution in [0.15, 0.2) is 42.5 Å². The molecule has 1 saturated heterocycles. The van der Waals surface area contributed by atoms with Crippen LogP contribution in [0, 0.1) is 17.8 Å². The van der Waals surface area contributed by atoms with Crippen LogP contribution in [-0.4, -0.2) is 26.8 Å². The molecule has 6 heteroatoms. The van der Waals surface area contributed by atoms with Crippen LogP contribution in [0.4, 0.5) is 13.2 Å². The number of nitrogens with zero attached hydrogens (tertiary/aromatic N) is 1. The zero-order valence-electron chi connectivity index (χ0n) is 15.7. The van der Waals surface area contributed by atoms with Gasteiger partial charge in [0.25, 0.3) is 0 Å². The molecule has 147 valence electrons. The fourth-order valence-electron chi connectivity index (χ4n) is 3.19. The third kappa shape index (κ3) is 4.79. The predicted octanol–water partition coefficient (Wildman–Crippen LogP) is 4.48. The molecular formula is C22H21F3NO2. The number of rotatable bonds is 4. The molecule has 0 aromatic heterocycles. The summed E-state index contributed by atoms with van der Waals surface area (Å²) in [6.45, 7) is 3.96. The molecule has 0 saturated carbocycles. The van der Waals surface area contributed by atoms with Gasteiger partial charge in [-0.2, -0.15) is 13.2 Å². The van der Waals surface area contributed by atoms with E-state index in [4.69, 9.17) is 9.47 Å². The van der Waals surface area contributed by atoms with Crippen molar-refractivity contribution in [1.29, 1.82) is 0 Å². The normalized spacial score (nSPS) is 19.0. The molecule has 0 bridgehead atoms. The Bertz CT molecular complexity index is 866. The summed E-state index contributed by atoms with van der Waals surface area (Å²) >= 11 is 0. The third-order valence-electron chi connectivity index (χ3n) is 4.79. The van der Waals surface area contributed by atoms with Crippen LogP contribution >= 0.6 is 0 Å². The summed E-state index contributed by atoms with van der Waals surface area (Å²) in [7, 11) is 1.57. The number of hydrogen-bond donors (Lipinski definition) is 0. The van der Waals surface area contributed by atoms with Crippen LogP contribution in [0.1, 0.15) is 29.5 Å². The lowest BCUT2D eigenvalue weighted by molar-refractivity contribution is -0.137. The molecule has 2 aromatic carbocycles. The van der Waals surface area contributed by atoms with Crippen molar-refractivity contribution in [3.63, 3.8) is 0 Å². The summed E-state index contributed by atoms with van der Waals surface area (Å²) in [5.74, 6) is 7.71. The van der Waals surface area contributed by atoms with E-state index < -0.39 is 11.7 Å². The Kier molecular flexibility index (Phi) is 6.15. The Morgan fingerprint density at radius 3 is 2.43 bits per heavy atom. The Hall–Kier alpha value is -2.65. The van der Waals surface area contributed by atoms with Gasteiger partial charge < -0.3 is 9.47 Å². The summed E-state index contributed by atoms with van der Waals surface area (Å²) in [6, 6.07) is 10.6. The first kappa shape index (κ1) is 20.1. The molecule has 1 heterocycles. The van der Waals surface area contributed by atoms with E-state index in [-0.39, 0.29) is 6.61 Å². The molecule has 3 rings (SSSR count). The van der Waals surface area contributed by atoms with Crippen molar-refractivity contribution in [3.05, 3.63) is 59.2 Å². The third-order valence-corrected chi connectivity index (χ3v) is 4.79. The van der Waals surface area contributed by atoms with Crippen LogP contribution in [0.3, 0.4) is 0 Å². The van der Waals surface area contributed by atoms with E-state index in [1.807, 2.05) is 18.2 Å². The van der Waals surface area contributed by atoms with Gasteiger partial charge in [-0.3, -0.25) is 0 Å². The number of hydrogen-bond acceptors (Lipinski definition) is 2. The zero-order valence-corrected chi connectivity index (χ0v) is 15.7. The van der Waals surface area contributed by atoms with Crippen LogP contribution < -0.4 is 14.8 Å². The van der Waals surface area contributed by atoms with Crippen molar-refractivity contribution in [2.24, 2.45) is 5.92 Å². The minimum Gasteiger partial charge on any atom is -0.493 e. The van der Waals surface area contributed by atoms with E-state index in [1.165, 1.54) is 12.1 Å². The SMILES string of the molecule is COc1ccc([C@H]2C[N]C[C@H]2C)cc1OCC#Cc1ccc(C(F)(F)F)cc1. The molecule has 3 nitrogen and oxygen atoms in total. The molecule has 0 N–H and O–H groups in total. The zero-order chi connectivity index (χ0) is 20.1. The molecule has 0 spiro atoms. The number of benzene rings is 2. The molecule has 2 atom stereocenters. The molecule has 1 fully saturated rings. The molecule has 1 radical (unpaired) electrons. The van der Waals surface area contributed by atoms with Gasteiger partial charge >= 0.3 is 6.18 Å². The van der Waals surface area contributed by atoms with Gasteiger partial charge in [0.1, 0.15) is 6.61 Å². The van der Waals surface area contributed by atoms with Crippen LogP contribution in [0.25, 0.3) is 0 Å². The first-order valence-electron chi connectivity index (χ1n) is 8.98. The predicted molar refractivity (Wildman–Crippen MR) is 101 cm³/mol. The standard InChI is InChI=1S/C22H21F3NO2/c1-15-13-26-14-19(15)17-7-10-20(27-2)21(12-17)28-11-3-4-16-5-8-18(9-6-16)22(23,24)25/h5-10,12,15,19H,11,13-14H2,1-2H3/t15-,19+/m1/s1. The lowest BCUT2D eigenvalue weighted by Crippen LogP contribution is -2.07. The van der Waals surface area contributed by atoms with Gasteiger partial charge in [-0.15, -0.1) is 0 Å². The van der Waals surface area contributed by atoms with Crippen LogP contribution in [0.2, 0.25) is 0 Å². The molecule has 2 aromatic rings. The first-order chi connectivity index (χ1) is 13.4.